The van der Waals surface area contributed by atoms with Crippen LogP contribution in [-0.2, 0) is 6.18 Å². The van der Waals surface area contributed by atoms with Gasteiger partial charge >= 0.3 is 6.18 Å². The Morgan fingerprint density at radius 3 is 2.83 bits per heavy atom. The summed E-state index contributed by atoms with van der Waals surface area (Å²) in [5.74, 6) is -0.794. The topological polar surface area (TPSA) is 54.2 Å². The van der Waals surface area contributed by atoms with Crippen LogP contribution in [0.15, 0.2) is 22.7 Å². The summed E-state index contributed by atoms with van der Waals surface area (Å²) in [5.41, 5.74) is -1.32. The van der Waals surface area contributed by atoms with Gasteiger partial charge in [0.25, 0.3) is 5.89 Å². The lowest BCUT2D eigenvalue weighted by atomic mass is 10.1. The van der Waals surface area contributed by atoms with Crippen molar-refractivity contribution in [2.24, 2.45) is 0 Å². The number of hydrogen-bond donors (Lipinski definition) is 1. The van der Waals surface area contributed by atoms with E-state index >= 15 is 0 Å². The standard InChI is InChI=1S/C14H14F4N4O/c1-22-5-4-19-7-11(22)12-20-13(23-21-12)9-6-8(14(16,17)18)2-3-10(9)15/h2-3,6,11,19H,4-5,7H2,1H3. The molecule has 1 saturated heterocycles. The second-order valence-electron chi connectivity index (χ2n) is 5.35. The zero-order chi connectivity index (χ0) is 16.6. The molecule has 1 aliphatic heterocycles. The van der Waals surface area contributed by atoms with Gasteiger partial charge in [-0.3, -0.25) is 4.90 Å². The summed E-state index contributed by atoms with van der Waals surface area (Å²) < 4.78 is 57.1. The average Bonchev–Trinajstić information content (AvgIpc) is 2.96. The molecule has 1 N–H and O–H groups in total. The van der Waals surface area contributed by atoms with E-state index in [1.54, 1.807) is 0 Å². The number of aromatic nitrogens is 2. The van der Waals surface area contributed by atoms with Crippen molar-refractivity contribution in [1.29, 1.82) is 0 Å². The minimum Gasteiger partial charge on any atom is -0.334 e. The van der Waals surface area contributed by atoms with E-state index in [9.17, 15) is 17.6 Å². The Labute approximate surface area is 129 Å². The van der Waals surface area contributed by atoms with Gasteiger partial charge in [0, 0.05) is 19.6 Å². The van der Waals surface area contributed by atoms with Gasteiger partial charge < -0.3 is 9.84 Å². The highest BCUT2D eigenvalue weighted by atomic mass is 19.4. The average molecular weight is 330 g/mol. The maximum absolute atomic E-state index is 13.9. The van der Waals surface area contributed by atoms with E-state index in [1.165, 1.54) is 0 Å². The highest BCUT2D eigenvalue weighted by molar-refractivity contribution is 5.55. The van der Waals surface area contributed by atoms with E-state index in [4.69, 9.17) is 4.52 Å². The summed E-state index contributed by atoms with van der Waals surface area (Å²) in [4.78, 5) is 6.07. The van der Waals surface area contributed by atoms with E-state index in [0.717, 1.165) is 19.2 Å². The van der Waals surface area contributed by atoms with E-state index in [2.05, 4.69) is 15.5 Å². The van der Waals surface area contributed by atoms with Crippen LogP contribution in [-0.4, -0.2) is 41.7 Å². The van der Waals surface area contributed by atoms with Crippen LogP contribution in [0.4, 0.5) is 17.6 Å². The van der Waals surface area contributed by atoms with Gasteiger partial charge in [-0.2, -0.15) is 18.2 Å². The molecule has 9 heteroatoms. The molecule has 1 unspecified atom stereocenters. The third kappa shape index (κ3) is 3.20. The number of benzene rings is 1. The van der Waals surface area contributed by atoms with Crippen LogP contribution < -0.4 is 5.32 Å². The van der Waals surface area contributed by atoms with Crippen LogP contribution >= 0.6 is 0 Å². The van der Waals surface area contributed by atoms with Crippen molar-refractivity contribution in [2.45, 2.75) is 12.2 Å². The maximum atomic E-state index is 13.9. The lowest BCUT2D eigenvalue weighted by Gasteiger charge is -2.30. The third-order valence-corrected chi connectivity index (χ3v) is 3.77. The summed E-state index contributed by atoms with van der Waals surface area (Å²) >= 11 is 0. The second kappa shape index (κ2) is 5.89. The molecule has 0 spiro atoms. The molecule has 124 valence electrons. The molecule has 2 aromatic rings. The zero-order valence-corrected chi connectivity index (χ0v) is 12.2. The molecule has 1 atom stereocenters. The minimum atomic E-state index is -4.57. The van der Waals surface area contributed by atoms with Gasteiger partial charge in [0.05, 0.1) is 17.2 Å². The number of rotatable bonds is 2. The molecule has 0 amide bonds. The van der Waals surface area contributed by atoms with Crippen LogP contribution in [0.25, 0.3) is 11.5 Å². The molecular weight excluding hydrogens is 316 g/mol. The van der Waals surface area contributed by atoms with Gasteiger partial charge in [-0.05, 0) is 25.2 Å². The smallest absolute Gasteiger partial charge is 0.334 e. The first kappa shape index (κ1) is 15.9. The van der Waals surface area contributed by atoms with Gasteiger partial charge in [0.1, 0.15) is 5.82 Å². The Bertz CT molecular complexity index is 700. The molecule has 23 heavy (non-hydrogen) atoms. The van der Waals surface area contributed by atoms with Crippen LogP contribution in [0.5, 0.6) is 0 Å². The molecule has 1 aromatic carbocycles. The van der Waals surface area contributed by atoms with Crippen molar-refractivity contribution >= 4 is 0 Å². The van der Waals surface area contributed by atoms with Crippen molar-refractivity contribution in [2.75, 3.05) is 26.7 Å². The first-order valence-corrected chi connectivity index (χ1v) is 6.98. The highest BCUT2D eigenvalue weighted by Gasteiger charge is 2.32. The molecule has 5 nitrogen and oxygen atoms in total. The van der Waals surface area contributed by atoms with Crippen molar-refractivity contribution in [3.63, 3.8) is 0 Å². The molecule has 1 aromatic heterocycles. The van der Waals surface area contributed by atoms with Gasteiger partial charge in [-0.25, -0.2) is 4.39 Å². The maximum Gasteiger partial charge on any atom is 0.416 e. The molecule has 1 fully saturated rings. The Balaban J connectivity index is 1.94. The molecule has 1 aliphatic rings. The molecule has 0 bridgehead atoms. The number of alkyl halides is 3. The fourth-order valence-electron chi connectivity index (χ4n) is 2.44. The SMILES string of the molecule is CN1CCNCC1c1noc(-c2cc(C(F)(F)F)ccc2F)n1. The fraction of sp³-hybridized carbons (Fsp3) is 0.429. The summed E-state index contributed by atoms with van der Waals surface area (Å²) in [6.07, 6.45) is -4.57. The largest absolute Gasteiger partial charge is 0.416 e. The monoisotopic (exact) mass is 330 g/mol. The van der Waals surface area contributed by atoms with Gasteiger partial charge in [0.15, 0.2) is 5.82 Å². The lowest BCUT2D eigenvalue weighted by molar-refractivity contribution is -0.137. The lowest BCUT2D eigenvalue weighted by Crippen LogP contribution is -2.44. The summed E-state index contributed by atoms with van der Waals surface area (Å²) in [6.45, 7) is 2.17. The first-order chi connectivity index (χ1) is 10.9. The summed E-state index contributed by atoms with van der Waals surface area (Å²) in [7, 11) is 1.88. The second-order valence-corrected chi connectivity index (χ2v) is 5.35. The fourth-order valence-corrected chi connectivity index (χ4v) is 2.44. The van der Waals surface area contributed by atoms with E-state index in [1.807, 2.05) is 11.9 Å². The number of nitrogens with one attached hydrogen (secondary N) is 1. The van der Waals surface area contributed by atoms with Gasteiger partial charge in [-0.15, -0.1) is 0 Å². The van der Waals surface area contributed by atoms with Crippen LogP contribution in [0, 0.1) is 5.82 Å². The number of piperazine rings is 1. The molecule has 2 heterocycles. The number of likely N-dealkylation sites (N-methyl/N-ethyl adjacent to an activating group) is 1. The first-order valence-electron chi connectivity index (χ1n) is 6.98. The highest BCUT2D eigenvalue weighted by Crippen LogP contribution is 2.33. The summed E-state index contributed by atoms with van der Waals surface area (Å²) in [6, 6.07) is 1.93. The van der Waals surface area contributed by atoms with Crippen LogP contribution in [0.3, 0.4) is 0 Å². The van der Waals surface area contributed by atoms with E-state index in [0.29, 0.717) is 24.5 Å². The van der Waals surface area contributed by atoms with E-state index < -0.39 is 17.6 Å². The number of halogens is 4. The van der Waals surface area contributed by atoms with Gasteiger partial charge in [-0.1, -0.05) is 5.16 Å². The van der Waals surface area contributed by atoms with Crippen molar-refractivity contribution in [1.82, 2.24) is 20.4 Å². The molecular formula is C14H14F4N4O. The normalized spacial score (nSPS) is 20.0. The molecule has 3 rings (SSSR count). The Kier molecular flexibility index (Phi) is 4.07. The van der Waals surface area contributed by atoms with Crippen LogP contribution in [0.2, 0.25) is 0 Å². The zero-order valence-electron chi connectivity index (χ0n) is 12.2. The summed E-state index contributed by atoms with van der Waals surface area (Å²) in [5, 5.41) is 6.95. The molecule has 0 radical (unpaired) electrons. The quantitative estimate of drug-likeness (QED) is 0.858. The Morgan fingerprint density at radius 2 is 2.13 bits per heavy atom. The third-order valence-electron chi connectivity index (χ3n) is 3.77. The van der Waals surface area contributed by atoms with Crippen molar-refractivity contribution in [3.05, 3.63) is 35.4 Å². The van der Waals surface area contributed by atoms with Crippen molar-refractivity contribution < 1.29 is 22.1 Å². The Hall–Kier alpha value is -2.00. The molecule has 0 aliphatic carbocycles. The van der Waals surface area contributed by atoms with Crippen molar-refractivity contribution in [3.8, 4) is 11.5 Å². The number of nitrogens with zero attached hydrogens (tertiary/aromatic N) is 3. The molecule has 0 saturated carbocycles. The van der Waals surface area contributed by atoms with E-state index in [-0.39, 0.29) is 17.5 Å². The predicted octanol–water partition coefficient (Wildman–Crippen LogP) is 2.47. The Morgan fingerprint density at radius 1 is 1.35 bits per heavy atom. The van der Waals surface area contributed by atoms with Gasteiger partial charge in [0.2, 0.25) is 0 Å². The number of hydrogen-bond acceptors (Lipinski definition) is 5. The minimum absolute atomic E-state index is 0.171. The predicted molar refractivity (Wildman–Crippen MR) is 72.9 cm³/mol. The van der Waals surface area contributed by atoms with Crippen LogP contribution in [0.1, 0.15) is 17.4 Å².